The number of aliphatic hydroxyl groups is 1. The quantitative estimate of drug-likeness (QED) is 0.357. The van der Waals surface area contributed by atoms with Gasteiger partial charge in [0.15, 0.2) is 0 Å². The maximum Gasteiger partial charge on any atom is 0.416 e. The molecular weight excluding hydrogens is 499 g/mol. The van der Waals surface area contributed by atoms with E-state index in [1.165, 1.54) is 13.2 Å². The van der Waals surface area contributed by atoms with Gasteiger partial charge in [0.05, 0.1) is 36.3 Å². The van der Waals surface area contributed by atoms with Crippen LogP contribution < -0.4 is 10.1 Å². The number of rotatable bonds is 7. The molecule has 0 aliphatic heterocycles. The monoisotopic (exact) mass is 531 g/mol. The van der Waals surface area contributed by atoms with Crippen LogP contribution in [0, 0.1) is 12.8 Å². The lowest BCUT2D eigenvalue weighted by atomic mass is 9.74. The molecule has 0 amide bonds. The highest BCUT2D eigenvalue weighted by molar-refractivity contribution is 5.91. The molecule has 4 rings (SSSR count). The van der Waals surface area contributed by atoms with Gasteiger partial charge in [0, 0.05) is 23.1 Å². The zero-order valence-corrected chi connectivity index (χ0v) is 21.9. The highest BCUT2D eigenvalue weighted by atomic mass is 19.4. The summed E-state index contributed by atoms with van der Waals surface area (Å²) in [6, 6.07) is 8.17. The molecule has 1 saturated carbocycles. The van der Waals surface area contributed by atoms with Crippen molar-refractivity contribution in [1.82, 2.24) is 9.97 Å². The average Bonchev–Trinajstić information content (AvgIpc) is 2.88. The summed E-state index contributed by atoms with van der Waals surface area (Å²) < 4.78 is 50.5. The van der Waals surface area contributed by atoms with Gasteiger partial charge in [-0.15, -0.1) is 0 Å². The van der Waals surface area contributed by atoms with E-state index >= 15 is 0 Å². The van der Waals surface area contributed by atoms with Crippen LogP contribution in [0.2, 0.25) is 0 Å². The van der Waals surface area contributed by atoms with Crippen LogP contribution in [0.1, 0.15) is 68.1 Å². The van der Waals surface area contributed by atoms with Crippen molar-refractivity contribution in [2.45, 2.75) is 64.3 Å². The predicted octanol–water partition coefficient (Wildman–Crippen LogP) is 6.08. The summed E-state index contributed by atoms with van der Waals surface area (Å²) >= 11 is 0. The Morgan fingerprint density at radius 2 is 1.92 bits per heavy atom. The van der Waals surface area contributed by atoms with Crippen LogP contribution in [0.25, 0.3) is 10.9 Å². The molecule has 1 atom stereocenters. The first-order valence-electron chi connectivity index (χ1n) is 12.6. The minimum absolute atomic E-state index is 0.251. The number of fused-ring (bicyclic) bond motifs is 1. The molecule has 3 aromatic rings. The SMILES string of the molecule is CCOC(=O)C1CCC(O)(c2cc3c(N[C@H](C)c4cccc(C(F)(F)F)c4)nc(C)nc3cc2OC)CC1. The van der Waals surface area contributed by atoms with Crippen molar-refractivity contribution >= 4 is 22.7 Å². The highest BCUT2D eigenvalue weighted by Gasteiger charge is 2.40. The zero-order chi connectivity index (χ0) is 27.7. The zero-order valence-electron chi connectivity index (χ0n) is 21.9. The molecule has 204 valence electrons. The first-order chi connectivity index (χ1) is 17.9. The number of methoxy groups -OCH3 is 1. The summed E-state index contributed by atoms with van der Waals surface area (Å²) in [5.74, 6) is 0.853. The lowest BCUT2D eigenvalue weighted by Gasteiger charge is -2.36. The number of nitrogens with one attached hydrogen (secondary N) is 1. The summed E-state index contributed by atoms with van der Waals surface area (Å²) in [5, 5.41) is 15.5. The lowest BCUT2D eigenvalue weighted by Crippen LogP contribution is -2.34. The average molecular weight is 532 g/mol. The van der Waals surface area contributed by atoms with Gasteiger partial charge in [0.1, 0.15) is 17.4 Å². The number of halogens is 3. The molecule has 0 bridgehead atoms. The minimum atomic E-state index is -4.44. The molecule has 0 radical (unpaired) electrons. The van der Waals surface area contributed by atoms with Crippen LogP contribution in [0.3, 0.4) is 0 Å². The Kier molecular flexibility index (Phi) is 7.83. The number of hydrogen-bond donors (Lipinski definition) is 2. The van der Waals surface area contributed by atoms with E-state index in [-0.39, 0.29) is 11.9 Å². The number of aromatic nitrogens is 2. The molecule has 38 heavy (non-hydrogen) atoms. The molecule has 2 aromatic carbocycles. The van der Waals surface area contributed by atoms with E-state index in [0.717, 1.165) is 12.1 Å². The summed E-state index contributed by atoms with van der Waals surface area (Å²) in [7, 11) is 1.52. The number of nitrogens with zero attached hydrogens (tertiary/aromatic N) is 2. The van der Waals surface area contributed by atoms with Crippen LogP contribution in [0.15, 0.2) is 36.4 Å². The summed E-state index contributed by atoms with van der Waals surface area (Å²) in [5.41, 5.74) is -0.385. The van der Waals surface area contributed by atoms with Crippen molar-refractivity contribution in [2.75, 3.05) is 19.0 Å². The van der Waals surface area contributed by atoms with Crippen LogP contribution in [-0.4, -0.2) is 34.8 Å². The van der Waals surface area contributed by atoms with Crippen molar-refractivity contribution in [3.63, 3.8) is 0 Å². The number of esters is 1. The molecule has 1 fully saturated rings. The van der Waals surface area contributed by atoms with E-state index in [2.05, 4.69) is 15.3 Å². The van der Waals surface area contributed by atoms with E-state index in [0.29, 0.717) is 71.7 Å². The van der Waals surface area contributed by atoms with Gasteiger partial charge in [-0.25, -0.2) is 9.97 Å². The molecule has 1 aliphatic rings. The van der Waals surface area contributed by atoms with Crippen molar-refractivity contribution in [1.29, 1.82) is 0 Å². The fourth-order valence-corrected chi connectivity index (χ4v) is 5.05. The molecule has 7 nitrogen and oxygen atoms in total. The molecule has 0 unspecified atom stereocenters. The summed E-state index contributed by atoms with van der Waals surface area (Å²) in [6.45, 7) is 5.56. The second kappa shape index (κ2) is 10.8. The normalized spacial score (nSPS) is 20.7. The second-order valence-electron chi connectivity index (χ2n) is 9.74. The standard InChI is InChI=1S/C28H32F3N3O4/c1-5-38-26(35)18-9-11-27(36,12-10-18)22-14-21-23(15-24(22)37-4)33-17(3)34-25(21)32-16(2)19-7-6-8-20(13-19)28(29,30)31/h6-8,13-16,18,36H,5,9-12H2,1-4H3,(H,32,33,34)/t16-,18?,27?/m1/s1. The molecule has 0 spiro atoms. The molecule has 0 saturated heterocycles. The first kappa shape index (κ1) is 27.6. The van der Waals surface area contributed by atoms with Gasteiger partial charge in [-0.05, 0) is 70.2 Å². The van der Waals surface area contributed by atoms with Gasteiger partial charge in [-0.1, -0.05) is 12.1 Å². The second-order valence-corrected chi connectivity index (χ2v) is 9.74. The van der Waals surface area contributed by atoms with Gasteiger partial charge in [0.25, 0.3) is 0 Å². The molecule has 2 N–H and O–H groups in total. The molecule has 10 heteroatoms. The Bertz CT molecular complexity index is 1320. The van der Waals surface area contributed by atoms with Gasteiger partial charge in [-0.2, -0.15) is 13.2 Å². The van der Waals surface area contributed by atoms with E-state index < -0.39 is 23.4 Å². The number of anilines is 1. The van der Waals surface area contributed by atoms with Crippen molar-refractivity contribution < 1.29 is 32.5 Å². The van der Waals surface area contributed by atoms with Gasteiger partial charge < -0.3 is 19.9 Å². The van der Waals surface area contributed by atoms with Crippen LogP contribution in [0.5, 0.6) is 5.75 Å². The van der Waals surface area contributed by atoms with Crippen LogP contribution in [-0.2, 0) is 21.3 Å². The van der Waals surface area contributed by atoms with Crippen LogP contribution in [0.4, 0.5) is 19.0 Å². The van der Waals surface area contributed by atoms with Crippen molar-refractivity contribution in [3.8, 4) is 5.75 Å². The highest BCUT2D eigenvalue weighted by Crippen LogP contribution is 2.45. The Morgan fingerprint density at radius 3 is 2.55 bits per heavy atom. The van der Waals surface area contributed by atoms with Crippen molar-refractivity contribution in [2.24, 2.45) is 5.92 Å². The first-order valence-corrected chi connectivity index (χ1v) is 12.6. The number of aryl methyl sites for hydroxylation is 1. The Balaban J connectivity index is 1.69. The lowest BCUT2D eigenvalue weighted by molar-refractivity contribution is -0.151. The summed E-state index contributed by atoms with van der Waals surface area (Å²) in [4.78, 5) is 21.2. The summed E-state index contributed by atoms with van der Waals surface area (Å²) in [6.07, 6.45) is -2.82. The van der Waals surface area contributed by atoms with E-state index in [1.54, 1.807) is 39.0 Å². The largest absolute Gasteiger partial charge is 0.496 e. The van der Waals surface area contributed by atoms with E-state index in [4.69, 9.17) is 9.47 Å². The molecule has 1 heterocycles. The number of alkyl halides is 3. The fraction of sp³-hybridized carbons (Fsp3) is 0.464. The fourth-order valence-electron chi connectivity index (χ4n) is 5.05. The Morgan fingerprint density at radius 1 is 1.21 bits per heavy atom. The Hall–Kier alpha value is -3.40. The van der Waals surface area contributed by atoms with Gasteiger partial charge in [-0.3, -0.25) is 4.79 Å². The maximum atomic E-state index is 13.3. The van der Waals surface area contributed by atoms with Crippen molar-refractivity contribution in [3.05, 3.63) is 58.9 Å². The predicted molar refractivity (Wildman–Crippen MR) is 137 cm³/mol. The third-order valence-electron chi connectivity index (χ3n) is 7.13. The number of hydrogen-bond acceptors (Lipinski definition) is 7. The molecule has 1 aliphatic carbocycles. The number of benzene rings is 2. The number of ether oxygens (including phenoxy) is 2. The van der Waals surface area contributed by atoms with Gasteiger partial charge >= 0.3 is 12.1 Å². The smallest absolute Gasteiger partial charge is 0.416 e. The minimum Gasteiger partial charge on any atom is -0.496 e. The molecule has 1 aromatic heterocycles. The number of carbonyl (C=O) groups is 1. The third kappa shape index (κ3) is 5.70. The topological polar surface area (TPSA) is 93.6 Å². The van der Waals surface area contributed by atoms with Gasteiger partial charge in [0.2, 0.25) is 0 Å². The van der Waals surface area contributed by atoms with E-state index in [9.17, 15) is 23.1 Å². The Labute approximate surface area is 219 Å². The molecular formula is C28H32F3N3O4. The third-order valence-corrected chi connectivity index (χ3v) is 7.13. The van der Waals surface area contributed by atoms with Crippen LogP contribution >= 0.6 is 0 Å². The maximum absolute atomic E-state index is 13.3. The number of carbonyl (C=O) groups excluding carboxylic acids is 1. The van der Waals surface area contributed by atoms with E-state index in [1.807, 2.05) is 0 Å².